The SMILES string of the molecule is CCc1nc(NCCNC(=O)c2ccc(C(F)(F)F)cc2)c2cc(Cl)cc(Cl)c2n1. The number of carbonyl (C=O) groups is 1. The van der Waals surface area contributed by atoms with Crippen molar-refractivity contribution in [3.63, 3.8) is 0 Å². The van der Waals surface area contributed by atoms with E-state index in [0.29, 0.717) is 45.6 Å². The molecule has 30 heavy (non-hydrogen) atoms. The fourth-order valence-corrected chi connectivity index (χ4v) is 3.30. The summed E-state index contributed by atoms with van der Waals surface area (Å²) in [6, 6.07) is 7.33. The molecular weight excluding hydrogens is 440 g/mol. The summed E-state index contributed by atoms with van der Waals surface area (Å²) in [5.41, 5.74) is -0.0908. The highest BCUT2D eigenvalue weighted by molar-refractivity contribution is 6.38. The number of amides is 1. The molecule has 2 aromatic carbocycles. The van der Waals surface area contributed by atoms with Gasteiger partial charge in [-0.15, -0.1) is 0 Å². The maximum atomic E-state index is 12.6. The third-order valence-electron chi connectivity index (χ3n) is 4.26. The van der Waals surface area contributed by atoms with Crippen LogP contribution in [0.5, 0.6) is 0 Å². The third-order valence-corrected chi connectivity index (χ3v) is 4.76. The summed E-state index contributed by atoms with van der Waals surface area (Å²) in [4.78, 5) is 21.0. The average Bonchev–Trinajstić information content (AvgIpc) is 2.70. The fourth-order valence-electron chi connectivity index (χ4n) is 2.77. The van der Waals surface area contributed by atoms with Crippen LogP contribution in [0.15, 0.2) is 36.4 Å². The van der Waals surface area contributed by atoms with Gasteiger partial charge in [-0.1, -0.05) is 30.1 Å². The molecule has 3 rings (SSSR count). The third kappa shape index (κ3) is 5.12. The molecule has 1 aromatic heterocycles. The Hall–Kier alpha value is -2.58. The number of hydrogen-bond donors (Lipinski definition) is 2. The van der Waals surface area contributed by atoms with Gasteiger partial charge in [0.2, 0.25) is 0 Å². The van der Waals surface area contributed by atoms with E-state index in [9.17, 15) is 18.0 Å². The zero-order valence-corrected chi connectivity index (χ0v) is 17.3. The lowest BCUT2D eigenvalue weighted by molar-refractivity contribution is -0.137. The largest absolute Gasteiger partial charge is 0.416 e. The van der Waals surface area contributed by atoms with E-state index in [1.54, 1.807) is 12.1 Å². The number of benzene rings is 2. The van der Waals surface area contributed by atoms with E-state index in [-0.39, 0.29) is 12.1 Å². The van der Waals surface area contributed by atoms with Gasteiger partial charge in [0.05, 0.1) is 16.1 Å². The van der Waals surface area contributed by atoms with Crippen LogP contribution in [0.1, 0.15) is 28.7 Å². The summed E-state index contributed by atoms with van der Waals surface area (Å²) in [7, 11) is 0. The quantitative estimate of drug-likeness (QED) is 0.490. The summed E-state index contributed by atoms with van der Waals surface area (Å²) >= 11 is 12.3. The molecular formula is C20H17Cl2F3N4O. The number of fused-ring (bicyclic) bond motifs is 1. The van der Waals surface area contributed by atoms with E-state index < -0.39 is 17.6 Å². The Morgan fingerprint density at radius 3 is 2.40 bits per heavy atom. The number of carbonyl (C=O) groups excluding carboxylic acids is 1. The molecule has 0 fully saturated rings. The van der Waals surface area contributed by atoms with Crippen molar-refractivity contribution in [1.82, 2.24) is 15.3 Å². The monoisotopic (exact) mass is 456 g/mol. The highest BCUT2D eigenvalue weighted by Crippen LogP contribution is 2.31. The van der Waals surface area contributed by atoms with Crippen LogP contribution in [0.3, 0.4) is 0 Å². The van der Waals surface area contributed by atoms with Crippen LogP contribution in [0.2, 0.25) is 10.0 Å². The smallest absolute Gasteiger partial charge is 0.368 e. The molecule has 2 N–H and O–H groups in total. The normalized spacial score (nSPS) is 11.5. The van der Waals surface area contributed by atoms with Crippen molar-refractivity contribution in [2.75, 3.05) is 18.4 Å². The second-order valence-electron chi connectivity index (χ2n) is 6.38. The Morgan fingerprint density at radius 2 is 1.77 bits per heavy atom. The van der Waals surface area contributed by atoms with Gasteiger partial charge >= 0.3 is 6.18 Å². The molecule has 0 bridgehead atoms. The Kier molecular flexibility index (Phi) is 6.67. The first-order valence-corrected chi connectivity index (χ1v) is 9.79. The van der Waals surface area contributed by atoms with Crippen molar-refractivity contribution in [3.8, 4) is 0 Å². The van der Waals surface area contributed by atoms with Crippen LogP contribution in [0.25, 0.3) is 10.9 Å². The number of halogens is 5. The molecule has 0 aliphatic rings. The van der Waals surface area contributed by atoms with Crippen molar-refractivity contribution in [2.45, 2.75) is 19.5 Å². The predicted octanol–water partition coefficient (Wildman–Crippen LogP) is 5.36. The lowest BCUT2D eigenvalue weighted by Gasteiger charge is -2.12. The van der Waals surface area contributed by atoms with E-state index in [0.717, 1.165) is 24.3 Å². The van der Waals surface area contributed by atoms with Crippen molar-refractivity contribution in [2.24, 2.45) is 0 Å². The lowest BCUT2D eigenvalue weighted by atomic mass is 10.1. The molecule has 0 atom stereocenters. The van der Waals surface area contributed by atoms with Gasteiger partial charge in [-0.3, -0.25) is 4.79 Å². The van der Waals surface area contributed by atoms with E-state index in [4.69, 9.17) is 23.2 Å². The average molecular weight is 457 g/mol. The summed E-state index contributed by atoms with van der Waals surface area (Å²) in [5, 5.41) is 7.27. The van der Waals surface area contributed by atoms with Crippen molar-refractivity contribution < 1.29 is 18.0 Å². The van der Waals surface area contributed by atoms with E-state index in [2.05, 4.69) is 20.6 Å². The molecule has 0 saturated carbocycles. The fraction of sp³-hybridized carbons (Fsp3) is 0.250. The van der Waals surface area contributed by atoms with Gasteiger partial charge in [0.1, 0.15) is 11.6 Å². The number of nitrogens with one attached hydrogen (secondary N) is 2. The maximum absolute atomic E-state index is 12.6. The van der Waals surface area contributed by atoms with Gasteiger partial charge in [-0.2, -0.15) is 13.2 Å². The van der Waals surface area contributed by atoms with Gasteiger partial charge in [0, 0.05) is 35.5 Å². The highest BCUT2D eigenvalue weighted by atomic mass is 35.5. The molecule has 5 nitrogen and oxygen atoms in total. The Labute approximate surface area is 180 Å². The molecule has 10 heteroatoms. The topological polar surface area (TPSA) is 66.9 Å². The summed E-state index contributed by atoms with van der Waals surface area (Å²) < 4.78 is 37.8. The zero-order chi connectivity index (χ0) is 21.9. The Bertz CT molecular complexity index is 1070. The van der Waals surface area contributed by atoms with E-state index in [1.807, 2.05) is 6.92 Å². The number of nitrogens with zero attached hydrogens (tertiary/aromatic N) is 2. The summed E-state index contributed by atoms with van der Waals surface area (Å²) in [6.45, 7) is 2.46. The first kappa shape index (κ1) is 22.1. The zero-order valence-electron chi connectivity index (χ0n) is 15.8. The molecule has 0 radical (unpaired) electrons. The number of anilines is 1. The maximum Gasteiger partial charge on any atom is 0.416 e. The van der Waals surface area contributed by atoms with Crippen LogP contribution >= 0.6 is 23.2 Å². The van der Waals surface area contributed by atoms with E-state index in [1.165, 1.54) is 0 Å². The minimum absolute atomic E-state index is 0.141. The summed E-state index contributed by atoms with van der Waals surface area (Å²) in [5.74, 6) is 0.659. The lowest BCUT2D eigenvalue weighted by Crippen LogP contribution is -2.29. The second kappa shape index (κ2) is 9.06. The van der Waals surface area contributed by atoms with Crippen molar-refractivity contribution in [1.29, 1.82) is 0 Å². The van der Waals surface area contributed by atoms with Crippen LogP contribution in [-0.2, 0) is 12.6 Å². The molecule has 0 aliphatic heterocycles. The number of alkyl halides is 3. The molecule has 0 aliphatic carbocycles. The number of hydrogen-bond acceptors (Lipinski definition) is 4. The molecule has 0 saturated heterocycles. The van der Waals surface area contributed by atoms with Crippen LogP contribution in [0, 0.1) is 0 Å². The van der Waals surface area contributed by atoms with Gasteiger partial charge in [-0.25, -0.2) is 9.97 Å². The van der Waals surface area contributed by atoms with Crippen LogP contribution < -0.4 is 10.6 Å². The highest BCUT2D eigenvalue weighted by Gasteiger charge is 2.30. The van der Waals surface area contributed by atoms with Crippen molar-refractivity contribution in [3.05, 3.63) is 63.4 Å². The molecule has 0 unspecified atom stereocenters. The first-order chi connectivity index (χ1) is 14.2. The Morgan fingerprint density at radius 1 is 1.07 bits per heavy atom. The Balaban J connectivity index is 1.65. The number of aryl methyl sites for hydroxylation is 1. The molecule has 1 heterocycles. The second-order valence-corrected chi connectivity index (χ2v) is 7.23. The minimum Gasteiger partial charge on any atom is -0.368 e. The predicted molar refractivity (Wildman–Crippen MR) is 111 cm³/mol. The molecule has 1 amide bonds. The van der Waals surface area contributed by atoms with Crippen LogP contribution in [0.4, 0.5) is 19.0 Å². The molecule has 158 valence electrons. The molecule has 0 spiro atoms. The van der Waals surface area contributed by atoms with Gasteiger partial charge in [0.15, 0.2) is 0 Å². The summed E-state index contributed by atoms with van der Waals surface area (Å²) in [6.07, 6.45) is -3.84. The molecule has 3 aromatic rings. The minimum atomic E-state index is -4.44. The first-order valence-electron chi connectivity index (χ1n) is 9.04. The number of rotatable bonds is 6. The van der Waals surface area contributed by atoms with E-state index >= 15 is 0 Å². The van der Waals surface area contributed by atoms with Gasteiger partial charge < -0.3 is 10.6 Å². The van der Waals surface area contributed by atoms with Crippen molar-refractivity contribution >= 4 is 45.8 Å². The van der Waals surface area contributed by atoms with Gasteiger partial charge in [-0.05, 0) is 36.4 Å². The standard InChI is InChI=1S/C20H17Cl2F3N4O/c1-2-16-28-17-14(9-13(21)10-15(17)22)18(29-16)26-7-8-27-19(30)11-3-5-12(6-4-11)20(23,24)25/h3-6,9-10H,2,7-8H2,1H3,(H,27,30)(H,26,28,29). The van der Waals surface area contributed by atoms with Crippen LogP contribution in [-0.4, -0.2) is 29.0 Å². The van der Waals surface area contributed by atoms with Gasteiger partial charge in [0.25, 0.3) is 5.91 Å². The number of aromatic nitrogens is 2.